The van der Waals surface area contributed by atoms with E-state index in [1.165, 1.54) is 0 Å². The van der Waals surface area contributed by atoms with Gasteiger partial charge in [0.25, 0.3) is 5.91 Å². The van der Waals surface area contributed by atoms with Crippen LogP contribution in [-0.4, -0.2) is 40.2 Å². The van der Waals surface area contributed by atoms with E-state index in [1.54, 1.807) is 10.9 Å². The summed E-state index contributed by atoms with van der Waals surface area (Å²) in [4.78, 5) is 14.8. The minimum atomic E-state index is -0.0970. The van der Waals surface area contributed by atoms with Crippen molar-refractivity contribution in [3.63, 3.8) is 0 Å². The molecular formula is C17H21ClN4O. The minimum Gasteiger partial charge on any atom is -0.328 e. The summed E-state index contributed by atoms with van der Waals surface area (Å²) in [5, 5.41) is 8.16. The third-order valence-electron chi connectivity index (χ3n) is 4.06. The lowest BCUT2D eigenvalue weighted by Crippen LogP contribution is -2.48. The van der Waals surface area contributed by atoms with Gasteiger partial charge in [0, 0.05) is 32.4 Å². The van der Waals surface area contributed by atoms with Gasteiger partial charge in [-0.1, -0.05) is 48.9 Å². The molecule has 0 radical (unpaired) electrons. The Morgan fingerprint density at radius 2 is 2.17 bits per heavy atom. The number of carbonyl (C=O) groups excluding carboxylic acids is 1. The molecule has 23 heavy (non-hydrogen) atoms. The number of amides is 1. The van der Waals surface area contributed by atoms with Crippen LogP contribution in [0.15, 0.2) is 36.5 Å². The fraction of sp³-hybridized carbons (Fsp3) is 0.412. The third-order valence-corrected chi connectivity index (χ3v) is 4.34. The Balaban J connectivity index is 1.87. The molecular weight excluding hydrogens is 312 g/mol. The van der Waals surface area contributed by atoms with E-state index in [0.717, 1.165) is 31.6 Å². The van der Waals surface area contributed by atoms with Crippen molar-refractivity contribution in [2.45, 2.75) is 25.9 Å². The van der Waals surface area contributed by atoms with E-state index < -0.39 is 0 Å². The second-order valence-electron chi connectivity index (χ2n) is 5.72. The molecule has 1 aromatic heterocycles. The van der Waals surface area contributed by atoms with E-state index in [0.29, 0.717) is 17.3 Å². The Morgan fingerprint density at radius 3 is 2.91 bits per heavy atom. The summed E-state index contributed by atoms with van der Waals surface area (Å²) in [5.41, 5.74) is 1.47. The number of nitrogens with one attached hydrogen (secondary N) is 1. The molecule has 122 valence electrons. The molecule has 2 aromatic rings. The fourth-order valence-electron chi connectivity index (χ4n) is 2.94. The topological polar surface area (TPSA) is 50.2 Å². The summed E-state index contributed by atoms with van der Waals surface area (Å²) >= 11 is 6.24. The van der Waals surface area contributed by atoms with E-state index in [4.69, 9.17) is 11.6 Å². The van der Waals surface area contributed by atoms with Crippen LogP contribution in [0.1, 0.15) is 35.4 Å². The normalized spacial score (nSPS) is 18.2. The number of benzene rings is 1. The predicted octanol–water partition coefficient (Wildman–Crippen LogP) is 2.73. The largest absolute Gasteiger partial charge is 0.328 e. The van der Waals surface area contributed by atoms with Crippen molar-refractivity contribution in [3.8, 4) is 0 Å². The third kappa shape index (κ3) is 3.41. The molecule has 0 saturated carbocycles. The van der Waals surface area contributed by atoms with Crippen molar-refractivity contribution >= 4 is 17.5 Å². The molecule has 1 aromatic carbocycles. The van der Waals surface area contributed by atoms with Gasteiger partial charge in [-0.2, -0.15) is 5.10 Å². The van der Waals surface area contributed by atoms with Crippen molar-refractivity contribution in [2.24, 2.45) is 0 Å². The molecule has 0 aliphatic carbocycles. The summed E-state index contributed by atoms with van der Waals surface area (Å²) in [7, 11) is 0. The molecule has 0 unspecified atom stereocenters. The standard InChI is InChI=1S/C17H21ClN4O/c1-2-9-21-12-14(18)16(20-21)17(23)22-10-8-19-11-15(22)13-6-4-3-5-7-13/h3-7,12,15,19H,2,8-11H2,1H3/t15-/m1/s1. The second kappa shape index (κ2) is 7.15. The van der Waals surface area contributed by atoms with Crippen molar-refractivity contribution in [1.29, 1.82) is 0 Å². The molecule has 1 amide bonds. The van der Waals surface area contributed by atoms with Crippen molar-refractivity contribution in [1.82, 2.24) is 20.0 Å². The number of rotatable bonds is 4. The molecule has 0 spiro atoms. The Kier molecular flexibility index (Phi) is 4.98. The van der Waals surface area contributed by atoms with Gasteiger partial charge in [-0.15, -0.1) is 0 Å². The first-order chi connectivity index (χ1) is 11.2. The van der Waals surface area contributed by atoms with Crippen molar-refractivity contribution in [3.05, 3.63) is 52.8 Å². The van der Waals surface area contributed by atoms with Gasteiger partial charge in [-0.05, 0) is 12.0 Å². The van der Waals surface area contributed by atoms with Gasteiger partial charge < -0.3 is 10.2 Å². The first kappa shape index (κ1) is 16.0. The smallest absolute Gasteiger partial charge is 0.276 e. The zero-order valence-corrected chi connectivity index (χ0v) is 14.0. The molecule has 5 nitrogen and oxygen atoms in total. The zero-order chi connectivity index (χ0) is 16.2. The van der Waals surface area contributed by atoms with Crippen LogP contribution in [0.3, 0.4) is 0 Å². The Labute approximate surface area is 141 Å². The average Bonchev–Trinajstić information content (AvgIpc) is 2.96. The summed E-state index contributed by atoms with van der Waals surface area (Å²) in [6.45, 7) is 5.00. The predicted molar refractivity (Wildman–Crippen MR) is 90.6 cm³/mol. The first-order valence-corrected chi connectivity index (χ1v) is 8.38. The number of aromatic nitrogens is 2. The zero-order valence-electron chi connectivity index (χ0n) is 13.2. The van der Waals surface area contributed by atoms with Crippen LogP contribution in [-0.2, 0) is 6.54 Å². The molecule has 2 heterocycles. The molecule has 0 bridgehead atoms. The van der Waals surface area contributed by atoms with Crippen molar-refractivity contribution < 1.29 is 4.79 Å². The quantitative estimate of drug-likeness (QED) is 0.936. The van der Waals surface area contributed by atoms with Crippen LogP contribution in [0.2, 0.25) is 5.02 Å². The van der Waals surface area contributed by atoms with Gasteiger partial charge in [-0.25, -0.2) is 0 Å². The molecule has 1 atom stereocenters. The summed E-state index contributed by atoms with van der Waals surface area (Å²) < 4.78 is 1.75. The molecule has 1 fully saturated rings. The molecule has 1 aliphatic rings. The van der Waals surface area contributed by atoms with Gasteiger partial charge >= 0.3 is 0 Å². The SMILES string of the molecule is CCCn1cc(Cl)c(C(=O)N2CCNC[C@@H]2c2ccccc2)n1. The average molecular weight is 333 g/mol. The van der Waals surface area contributed by atoms with Crippen LogP contribution >= 0.6 is 11.6 Å². The Bertz CT molecular complexity index is 670. The second-order valence-corrected chi connectivity index (χ2v) is 6.13. The molecule has 3 rings (SSSR count). The number of nitrogens with zero attached hydrogens (tertiary/aromatic N) is 3. The number of halogens is 1. The number of carbonyl (C=O) groups is 1. The van der Waals surface area contributed by atoms with E-state index in [-0.39, 0.29) is 11.9 Å². The van der Waals surface area contributed by atoms with Crippen molar-refractivity contribution in [2.75, 3.05) is 19.6 Å². The lowest BCUT2D eigenvalue weighted by molar-refractivity contribution is 0.0627. The summed E-state index contributed by atoms with van der Waals surface area (Å²) in [5.74, 6) is -0.0970. The highest BCUT2D eigenvalue weighted by molar-refractivity contribution is 6.33. The fourth-order valence-corrected chi connectivity index (χ4v) is 3.17. The van der Waals surface area contributed by atoms with Gasteiger partial charge in [0.1, 0.15) is 0 Å². The number of hydrogen-bond donors (Lipinski definition) is 1. The summed E-state index contributed by atoms with van der Waals surface area (Å²) in [6.07, 6.45) is 2.68. The highest BCUT2D eigenvalue weighted by Gasteiger charge is 2.31. The van der Waals surface area contributed by atoms with E-state index >= 15 is 0 Å². The number of hydrogen-bond acceptors (Lipinski definition) is 3. The maximum atomic E-state index is 13.0. The van der Waals surface area contributed by atoms with Crippen LogP contribution in [0.25, 0.3) is 0 Å². The molecule has 1 N–H and O–H groups in total. The van der Waals surface area contributed by atoms with Crippen LogP contribution in [0.4, 0.5) is 0 Å². The maximum Gasteiger partial charge on any atom is 0.276 e. The van der Waals surface area contributed by atoms with E-state index in [1.807, 2.05) is 23.1 Å². The first-order valence-electron chi connectivity index (χ1n) is 8.00. The highest BCUT2D eigenvalue weighted by atomic mass is 35.5. The lowest BCUT2D eigenvalue weighted by atomic mass is 10.0. The summed E-state index contributed by atoms with van der Waals surface area (Å²) in [6, 6.07) is 10.1. The van der Waals surface area contributed by atoms with Crippen LogP contribution in [0.5, 0.6) is 0 Å². The molecule has 1 aliphatic heterocycles. The van der Waals surface area contributed by atoms with Crippen LogP contribution < -0.4 is 5.32 Å². The van der Waals surface area contributed by atoms with Crippen LogP contribution in [0, 0.1) is 0 Å². The Morgan fingerprint density at radius 1 is 1.39 bits per heavy atom. The highest BCUT2D eigenvalue weighted by Crippen LogP contribution is 2.26. The monoisotopic (exact) mass is 332 g/mol. The van der Waals surface area contributed by atoms with E-state index in [2.05, 4.69) is 29.5 Å². The minimum absolute atomic E-state index is 0.00448. The number of piperazine rings is 1. The number of aryl methyl sites for hydroxylation is 1. The van der Waals surface area contributed by atoms with Gasteiger partial charge in [0.05, 0.1) is 11.1 Å². The molecule has 1 saturated heterocycles. The van der Waals surface area contributed by atoms with E-state index in [9.17, 15) is 4.79 Å². The molecule has 6 heteroatoms. The van der Waals surface area contributed by atoms with Gasteiger partial charge in [0.15, 0.2) is 5.69 Å². The van der Waals surface area contributed by atoms with Gasteiger partial charge in [-0.3, -0.25) is 9.48 Å². The van der Waals surface area contributed by atoms with Gasteiger partial charge in [0.2, 0.25) is 0 Å². The lowest BCUT2D eigenvalue weighted by Gasteiger charge is -2.36. The maximum absolute atomic E-state index is 13.0. The Hall–Kier alpha value is -1.85.